The first-order valence-corrected chi connectivity index (χ1v) is 6.49. The second-order valence-corrected chi connectivity index (χ2v) is 4.86. The van der Waals surface area contributed by atoms with E-state index in [0.717, 1.165) is 30.1 Å². The van der Waals surface area contributed by atoms with E-state index in [1.165, 1.54) is 0 Å². The summed E-state index contributed by atoms with van der Waals surface area (Å²) in [6.45, 7) is 7.06. The average Bonchev–Trinajstić information content (AvgIpc) is 2.59. The van der Waals surface area contributed by atoms with Crippen molar-refractivity contribution in [2.75, 3.05) is 19.8 Å². The highest BCUT2D eigenvalue weighted by molar-refractivity contribution is 5.43. The Bertz CT molecular complexity index is 379. The quantitative estimate of drug-likeness (QED) is 0.645. The lowest BCUT2D eigenvalue weighted by Crippen LogP contribution is -2.17. The summed E-state index contributed by atoms with van der Waals surface area (Å²) in [5.41, 5.74) is 4.09. The maximum absolute atomic E-state index is 5.64. The standard InChI is InChI=1S/C14H21NO3/c1-11(2)10-18-15-9-12-4-5-13-14(8-12)17-7-3-6-16-13/h4-5,8,11,15H,3,6-7,9-10H2,1-2H3. The molecule has 0 bridgehead atoms. The van der Waals surface area contributed by atoms with Gasteiger partial charge in [-0.3, -0.25) is 0 Å². The van der Waals surface area contributed by atoms with Gasteiger partial charge in [-0.25, -0.2) is 0 Å². The van der Waals surface area contributed by atoms with Crippen molar-refractivity contribution in [1.82, 2.24) is 5.48 Å². The molecule has 100 valence electrons. The van der Waals surface area contributed by atoms with Crippen LogP contribution in [0, 0.1) is 5.92 Å². The Balaban J connectivity index is 1.88. The Morgan fingerprint density at radius 3 is 2.78 bits per heavy atom. The summed E-state index contributed by atoms with van der Waals surface area (Å²) >= 11 is 0. The molecule has 1 aromatic carbocycles. The number of benzene rings is 1. The van der Waals surface area contributed by atoms with E-state index in [1.807, 2.05) is 18.2 Å². The van der Waals surface area contributed by atoms with Gasteiger partial charge in [0.05, 0.1) is 19.8 Å². The smallest absolute Gasteiger partial charge is 0.161 e. The topological polar surface area (TPSA) is 39.7 Å². The van der Waals surface area contributed by atoms with E-state index in [1.54, 1.807) is 0 Å². The SMILES string of the molecule is CC(C)CONCc1ccc2c(c1)OCCCO2. The Labute approximate surface area is 108 Å². The van der Waals surface area contributed by atoms with Gasteiger partial charge >= 0.3 is 0 Å². The van der Waals surface area contributed by atoms with Crippen molar-refractivity contribution in [1.29, 1.82) is 0 Å². The number of hydrogen-bond acceptors (Lipinski definition) is 4. The third kappa shape index (κ3) is 3.89. The first kappa shape index (κ1) is 13.2. The van der Waals surface area contributed by atoms with Crippen LogP contribution >= 0.6 is 0 Å². The Morgan fingerprint density at radius 2 is 2.00 bits per heavy atom. The van der Waals surface area contributed by atoms with Crippen LogP contribution < -0.4 is 15.0 Å². The van der Waals surface area contributed by atoms with Crippen LogP contribution in [0.1, 0.15) is 25.8 Å². The van der Waals surface area contributed by atoms with Crippen LogP contribution in [0.5, 0.6) is 11.5 Å². The van der Waals surface area contributed by atoms with E-state index in [9.17, 15) is 0 Å². The molecule has 0 aromatic heterocycles. The first-order chi connectivity index (χ1) is 8.75. The molecule has 0 saturated carbocycles. The van der Waals surface area contributed by atoms with Crippen molar-refractivity contribution in [2.24, 2.45) is 5.92 Å². The van der Waals surface area contributed by atoms with Gasteiger partial charge in [0.25, 0.3) is 0 Å². The number of ether oxygens (including phenoxy) is 2. The molecule has 0 atom stereocenters. The van der Waals surface area contributed by atoms with Gasteiger partial charge in [-0.2, -0.15) is 5.48 Å². The van der Waals surface area contributed by atoms with Gasteiger partial charge in [0.1, 0.15) is 0 Å². The van der Waals surface area contributed by atoms with Crippen LogP contribution in [0.15, 0.2) is 18.2 Å². The molecule has 4 nitrogen and oxygen atoms in total. The number of rotatable bonds is 5. The van der Waals surface area contributed by atoms with Crippen LogP contribution in [-0.2, 0) is 11.4 Å². The molecule has 18 heavy (non-hydrogen) atoms. The minimum atomic E-state index is 0.529. The minimum absolute atomic E-state index is 0.529. The van der Waals surface area contributed by atoms with Gasteiger partial charge in [0, 0.05) is 13.0 Å². The van der Waals surface area contributed by atoms with Crippen molar-refractivity contribution >= 4 is 0 Å². The number of nitrogens with one attached hydrogen (secondary N) is 1. The maximum atomic E-state index is 5.64. The van der Waals surface area contributed by atoms with E-state index < -0.39 is 0 Å². The highest BCUT2D eigenvalue weighted by atomic mass is 16.6. The molecular weight excluding hydrogens is 230 g/mol. The molecule has 0 amide bonds. The molecule has 1 aromatic rings. The molecule has 4 heteroatoms. The molecule has 0 aliphatic carbocycles. The largest absolute Gasteiger partial charge is 0.490 e. The lowest BCUT2D eigenvalue weighted by molar-refractivity contribution is 0.0196. The lowest BCUT2D eigenvalue weighted by atomic mass is 10.2. The first-order valence-electron chi connectivity index (χ1n) is 6.49. The highest BCUT2D eigenvalue weighted by Gasteiger charge is 2.10. The third-order valence-electron chi connectivity index (χ3n) is 2.61. The molecular formula is C14H21NO3. The van der Waals surface area contributed by atoms with Crippen molar-refractivity contribution in [3.8, 4) is 11.5 Å². The highest BCUT2D eigenvalue weighted by Crippen LogP contribution is 2.30. The van der Waals surface area contributed by atoms with E-state index in [0.29, 0.717) is 25.7 Å². The molecule has 0 fully saturated rings. The Morgan fingerprint density at radius 1 is 1.22 bits per heavy atom. The zero-order valence-electron chi connectivity index (χ0n) is 11.1. The maximum Gasteiger partial charge on any atom is 0.161 e. The summed E-state index contributed by atoms with van der Waals surface area (Å²) in [5, 5.41) is 0. The summed E-state index contributed by atoms with van der Waals surface area (Å²) in [6.07, 6.45) is 0.930. The fraction of sp³-hybridized carbons (Fsp3) is 0.571. The van der Waals surface area contributed by atoms with Crippen molar-refractivity contribution in [3.05, 3.63) is 23.8 Å². The van der Waals surface area contributed by atoms with Gasteiger partial charge in [-0.05, 0) is 23.6 Å². The predicted octanol–water partition coefficient (Wildman–Crippen LogP) is 2.53. The summed E-state index contributed by atoms with van der Waals surface area (Å²) in [5.74, 6) is 2.19. The van der Waals surface area contributed by atoms with Gasteiger partial charge < -0.3 is 14.3 Å². The van der Waals surface area contributed by atoms with Crippen LogP contribution in [0.25, 0.3) is 0 Å². The summed E-state index contributed by atoms with van der Waals surface area (Å²) in [7, 11) is 0. The van der Waals surface area contributed by atoms with Gasteiger partial charge in [0.15, 0.2) is 11.5 Å². The molecule has 0 unspecified atom stereocenters. The van der Waals surface area contributed by atoms with Crippen molar-refractivity contribution in [3.63, 3.8) is 0 Å². The van der Waals surface area contributed by atoms with Crippen LogP contribution in [0.4, 0.5) is 0 Å². The molecule has 1 aliphatic rings. The van der Waals surface area contributed by atoms with Crippen LogP contribution in [0.2, 0.25) is 0 Å². The third-order valence-corrected chi connectivity index (χ3v) is 2.61. The zero-order valence-corrected chi connectivity index (χ0v) is 11.1. The van der Waals surface area contributed by atoms with Crippen molar-refractivity contribution in [2.45, 2.75) is 26.8 Å². The second kappa shape index (κ2) is 6.61. The lowest BCUT2D eigenvalue weighted by Gasteiger charge is -2.11. The van der Waals surface area contributed by atoms with E-state index >= 15 is 0 Å². The molecule has 1 aliphatic heterocycles. The normalized spacial score (nSPS) is 14.6. The van der Waals surface area contributed by atoms with Crippen LogP contribution in [0.3, 0.4) is 0 Å². The van der Waals surface area contributed by atoms with Crippen molar-refractivity contribution < 1.29 is 14.3 Å². The number of fused-ring (bicyclic) bond motifs is 1. The molecule has 2 rings (SSSR count). The number of hydrogen-bond donors (Lipinski definition) is 1. The molecule has 0 spiro atoms. The predicted molar refractivity (Wildman–Crippen MR) is 69.7 cm³/mol. The van der Waals surface area contributed by atoms with Crippen LogP contribution in [-0.4, -0.2) is 19.8 Å². The molecule has 0 radical (unpaired) electrons. The second-order valence-electron chi connectivity index (χ2n) is 4.86. The van der Waals surface area contributed by atoms with Gasteiger partial charge in [-0.1, -0.05) is 19.9 Å². The number of hydroxylamine groups is 1. The summed E-state index contributed by atoms with van der Waals surface area (Å²) in [4.78, 5) is 5.35. The summed E-state index contributed by atoms with van der Waals surface area (Å²) < 4.78 is 11.2. The Kier molecular flexibility index (Phi) is 4.84. The molecule has 1 heterocycles. The monoisotopic (exact) mass is 251 g/mol. The van der Waals surface area contributed by atoms with Gasteiger partial charge in [0.2, 0.25) is 0 Å². The van der Waals surface area contributed by atoms with E-state index in [2.05, 4.69) is 19.3 Å². The van der Waals surface area contributed by atoms with E-state index in [4.69, 9.17) is 14.3 Å². The summed E-state index contributed by atoms with van der Waals surface area (Å²) in [6, 6.07) is 5.99. The Hall–Kier alpha value is -1.26. The molecule has 1 N–H and O–H groups in total. The average molecular weight is 251 g/mol. The van der Waals surface area contributed by atoms with E-state index in [-0.39, 0.29) is 0 Å². The molecule has 0 saturated heterocycles. The fourth-order valence-electron chi connectivity index (χ4n) is 1.68. The fourth-order valence-corrected chi connectivity index (χ4v) is 1.68. The minimum Gasteiger partial charge on any atom is -0.490 e. The zero-order chi connectivity index (χ0) is 12.8. The van der Waals surface area contributed by atoms with Gasteiger partial charge in [-0.15, -0.1) is 0 Å².